The zero-order chi connectivity index (χ0) is 26.2. The minimum Gasteiger partial charge on any atom is -0.207 e. The van der Waals surface area contributed by atoms with E-state index >= 15 is 8.78 Å². The van der Waals surface area contributed by atoms with Crippen LogP contribution in [0.25, 0.3) is 0 Å². The molecule has 0 saturated heterocycles. The Hall–Kier alpha value is -2.73. The SMILES string of the molecule is C/C=C/CCc1ccc(C#Cc2ccc(C3CCC4CC(CC/C=C/C)CCC4C3)c(F)c2F)cc1F. The Labute approximate surface area is 221 Å². The molecule has 0 N–H and O–H groups in total. The maximum Gasteiger partial charge on any atom is 0.174 e. The Balaban J connectivity index is 1.40. The molecule has 0 spiro atoms. The minimum atomic E-state index is -0.886. The molecule has 0 amide bonds. The lowest BCUT2D eigenvalue weighted by Gasteiger charge is -2.42. The Morgan fingerprint density at radius 2 is 1.57 bits per heavy atom. The molecule has 2 aliphatic rings. The van der Waals surface area contributed by atoms with E-state index in [4.69, 9.17) is 0 Å². The van der Waals surface area contributed by atoms with E-state index in [0.717, 1.165) is 43.9 Å². The van der Waals surface area contributed by atoms with Gasteiger partial charge in [-0.15, -0.1) is 0 Å². The molecule has 0 heterocycles. The van der Waals surface area contributed by atoms with Gasteiger partial charge in [-0.3, -0.25) is 0 Å². The molecule has 3 heteroatoms. The van der Waals surface area contributed by atoms with E-state index in [0.29, 0.717) is 29.0 Å². The molecule has 4 unspecified atom stereocenters. The highest BCUT2D eigenvalue weighted by molar-refractivity contribution is 5.46. The highest BCUT2D eigenvalue weighted by Gasteiger charge is 2.36. The molecule has 2 aromatic carbocycles. The van der Waals surface area contributed by atoms with Crippen molar-refractivity contribution in [3.63, 3.8) is 0 Å². The van der Waals surface area contributed by atoms with E-state index < -0.39 is 11.6 Å². The van der Waals surface area contributed by atoms with Crippen molar-refractivity contribution >= 4 is 0 Å². The summed E-state index contributed by atoms with van der Waals surface area (Å²) in [4.78, 5) is 0. The van der Waals surface area contributed by atoms with Crippen LogP contribution in [-0.4, -0.2) is 0 Å². The molecule has 0 aromatic heterocycles. The van der Waals surface area contributed by atoms with Gasteiger partial charge in [0.15, 0.2) is 11.6 Å². The fourth-order valence-electron chi connectivity index (χ4n) is 6.38. The summed E-state index contributed by atoms with van der Waals surface area (Å²) in [6, 6.07) is 8.13. The third kappa shape index (κ3) is 6.98. The molecular weight excluding hydrogens is 465 g/mol. The molecule has 0 aliphatic heterocycles. The van der Waals surface area contributed by atoms with Crippen molar-refractivity contribution in [1.82, 2.24) is 0 Å². The van der Waals surface area contributed by atoms with E-state index in [1.165, 1.54) is 31.7 Å². The summed E-state index contributed by atoms with van der Waals surface area (Å²) >= 11 is 0. The van der Waals surface area contributed by atoms with Crippen molar-refractivity contribution in [2.24, 2.45) is 17.8 Å². The van der Waals surface area contributed by atoms with E-state index in [1.807, 2.05) is 19.1 Å². The van der Waals surface area contributed by atoms with Gasteiger partial charge in [0, 0.05) is 5.56 Å². The maximum absolute atomic E-state index is 15.2. The van der Waals surface area contributed by atoms with Crippen LogP contribution >= 0.6 is 0 Å². The first-order chi connectivity index (χ1) is 18.0. The first-order valence-corrected chi connectivity index (χ1v) is 14.0. The second kappa shape index (κ2) is 13.2. The van der Waals surface area contributed by atoms with Gasteiger partial charge in [0.1, 0.15) is 5.82 Å². The van der Waals surface area contributed by atoms with Crippen molar-refractivity contribution in [3.05, 3.63) is 94.3 Å². The predicted molar refractivity (Wildman–Crippen MR) is 147 cm³/mol. The van der Waals surface area contributed by atoms with E-state index in [1.54, 1.807) is 24.3 Å². The van der Waals surface area contributed by atoms with Crippen LogP contribution in [0.4, 0.5) is 13.2 Å². The smallest absolute Gasteiger partial charge is 0.174 e. The predicted octanol–water partition coefficient (Wildman–Crippen LogP) is 9.67. The maximum atomic E-state index is 15.2. The van der Waals surface area contributed by atoms with Crippen molar-refractivity contribution in [2.75, 3.05) is 0 Å². The lowest BCUT2D eigenvalue weighted by molar-refractivity contribution is 0.114. The summed E-state index contributed by atoms with van der Waals surface area (Å²) in [6.45, 7) is 4.01. The first kappa shape index (κ1) is 27.3. The number of hydrogen-bond acceptors (Lipinski definition) is 0. The normalized spacial score (nSPS) is 23.7. The lowest BCUT2D eigenvalue weighted by atomic mass is 9.63. The van der Waals surface area contributed by atoms with Crippen molar-refractivity contribution in [3.8, 4) is 11.8 Å². The highest BCUT2D eigenvalue weighted by Crippen LogP contribution is 2.48. The molecule has 0 radical (unpaired) electrons. The van der Waals surface area contributed by atoms with Crippen LogP contribution in [-0.2, 0) is 6.42 Å². The molecular formula is C34H39F3. The van der Waals surface area contributed by atoms with Crippen LogP contribution in [0.3, 0.4) is 0 Å². The van der Waals surface area contributed by atoms with Crippen molar-refractivity contribution in [1.29, 1.82) is 0 Å². The average Bonchev–Trinajstić information content (AvgIpc) is 2.90. The lowest BCUT2D eigenvalue weighted by Crippen LogP contribution is -2.30. The monoisotopic (exact) mass is 504 g/mol. The first-order valence-electron chi connectivity index (χ1n) is 14.0. The quantitative estimate of drug-likeness (QED) is 0.260. The largest absolute Gasteiger partial charge is 0.207 e. The Kier molecular flexibility index (Phi) is 9.73. The molecule has 2 saturated carbocycles. The van der Waals surface area contributed by atoms with Gasteiger partial charge in [-0.25, -0.2) is 13.2 Å². The molecule has 2 aliphatic carbocycles. The number of hydrogen-bond donors (Lipinski definition) is 0. The highest BCUT2D eigenvalue weighted by atomic mass is 19.2. The molecule has 2 fully saturated rings. The molecule has 4 rings (SSSR count). The zero-order valence-corrected chi connectivity index (χ0v) is 22.2. The van der Waals surface area contributed by atoms with Crippen LogP contribution in [0.5, 0.6) is 0 Å². The van der Waals surface area contributed by atoms with Gasteiger partial charge >= 0.3 is 0 Å². The molecule has 0 bridgehead atoms. The summed E-state index contributed by atoms with van der Waals surface area (Å²) in [5.41, 5.74) is 1.60. The van der Waals surface area contributed by atoms with Gasteiger partial charge in [-0.2, -0.15) is 0 Å². The van der Waals surface area contributed by atoms with Crippen LogP contribution in [0, 0.1) is 47.0 Å². The number of allylic oxidation sites excluding steroid dienone is 4. The zero-order valence-electron chi connectivity index (χ0n) is 22.2. The van der Waals surface area contributed by atoms with Crippen LogP contribution < -0.4 is 0 Å². The summed E-state index contributed by atoms with van der Waals surface area (Å²) in [6.07, 6.45) is 18.9. The average molecular weight is 505 g/mol. The second-order valence-corrected chi connectivity index (χ2v) is 10.8. The van der Waals surface area contributed by atoms with Gasteiger partial charge in [-0.05, 0) is 125 Å². The molecule has 4 atom stereocenters. The Morgan fingerprint density at radius 3 is 2.35 bits per heavy atom. The summed E-state index contributed by atoms with van der Waals surface area (Å²) < 4.78 is 44.6. The van der Waals surface area contributed by atoms with Crippen LogP contribution in [0.2, 0.25) is 0 Å². The topological polar surface area (TPSA) is 0 Å². The van der Waals surface area contributed by atoms with E-state index in [-0.39, 0.29) is 17.3 Å². The van der Waals surface area contributed by atoms with Gasteiger partial charge in [0.2, 0.25) is 0 Å². The van der Waals surface area contributed by atoms with Gasteiger partial charge in [-0.1, -0.05) is 54.7 Å². The summed E-state index contributed by atoms with van der Waals surface area (Å²) in [7, 11) is 0. The molecule has 37 heavy (non-hydrogen) atoms. The summed E-state index contributed by atoms with van der Waals surface area (Å²) in [5, 5.41) is 0. The molecule has 196 valence electrons. The Bertz CT molecular complexity index is 1180. The van der Waals surface area contributed by atoms with Crippen LogP contribution in [0.1, 0.15) is 99.8 Å². The van der Waals surface area contributed by atoms with Crippen LogP contribution in [0.15, 0.2) is 54.6 Å². The van der Waals surface area contributed by atoms with Crippen molar-refractivity contribution < 1.29 is 13.2 Å². The number of aryl methyl sites for hydroxylation is 1. The fourth-order valence-corrected chi connectivity index (χ4v) is 6.38. The number of fused-ring (bicyclic) bond motifs is 1. The van der Waals surface area contributed by atoms with Gasteiger partial charge < -0.3 is 0 Å². The number of halogens is 3. The fraction of sp³-hybridized carbons (Fsp3) is 0.471. The van der Waals surface area contributed by atoms with Gasteiger partial charge in [0.05, 0.1) is 5.56 Å². The van der Waals surface area contributed by atoms with E-state index in [2.05, 4.69) is 30.9 Å². The molecule has 0 nitrogen and oxygen atoms in total. The number of benzene rings is 2. The summed E-state index contributed by atoms with van der Waals surface area (Å²) in [5.74, 6) is 5.79. The second-order valence-electron chi connectivity index (χ2n) is 10.8. The third-order valence-corrected chi connectivity index (χ3v) is 8.46. The standard InChI is InChI=1S/C34H39F3/c1-3-5-7-9-24-13-16-29-23-30(18-17-28(29)21-24)31-20-19-27(33(36)34(31)37)15-12-25-11-14-26(32(35)22-25)10-8-6-4-2/h3-6,11,14,19-20,22,24,28-30H,7-10,13,16-18,21,23H2,1-2H3/b5-3+,6-4+. The van der Waals surface area contributed by atoms with E-state index in [9.17, 15) is 4.39 Å². The van der Waals surface area contributed by atoms with Gasteiger partial charge in [0.25, 0.3) is 0 Å². The van der Waals surface area contributed by atoms with Crippen molar-refractivity contribution in [2.45, 2.75) is 84.0 Å². The molecule has 2 aromatic rings. The minimum absolute atomic E-state index is 0.0224. The third-order valence-electron chi connectivity index (χ3n) is 8.46. The Morgan fingerprint density at radius 1 is 0.811 bits per heavy atom. The number of rotatable bonds is 7.